The number of ether oxygens (including phenoxy) is 2. The van der Waals surface area contributed by atoms with Gasteiger partial charge in [-0.15, -0.1) is 0 Å². The lowest BCUT2D eigenvalue weighted by Crippen LogP contribution is -1.99. The molecular formula is C13H15BrN4O2S. The molecule has 0 unspecified atom stereocenters. The Kier molecular flexibility index (Phi) is 5.13. The van der Waals surface area contributed by atoms with Crippen LogP contribution >= 0.6 is 27.7 Å². The highest BCUT2D eigenvalue weighted by Gasteiger charge is 2.11. The molecule has 1 aromatic carbocycles. The van der Waals surface area contributed by atoms with Gasteiger partial charge in [0, 0.05) is 16.3 Å². The maximum atomic E-state index is 5.65. The van der Waals surface area contributed by atoms with Crippen LogP contribution in [0.1, 0.15) is 5.56 Å². The van der Waals surface area contributed by atoms with Crippen LogP contribution in [0.3, 0.4) is 0 Å². The van der Waals surface area contributed by atoms with Gasteiger partial charge in [-0.3, -0.25) is 0 Å². The zero-order valence-corrected chi connectivity index (χ0v) is 14.0. The molecule has 1 aromatic heterocycles. The van der Waals surface area contributed by atoms with Gasteiger partial charge in [0.05, 0.1) is 14.2 Å². The average molecular weight is 371 g/mol. The topological polar surface area (TPSA) is 96.3 Å². The monoisotopic (exact) mass is 370 g/mol. The van der Waals surface area contributed by atoms with E-state index in [4.69, 9.17) is 20.9 Å². The molecule has 0 saturated carbocycles. The summed E-state index contributed by atoms with van der Waals surface area (Å²) in [4.78, 5) is 8.27. The molecule has 4 N–H and O–H groups in total. The molecule has 2 aromatic rings. The van der Waals surface area contributed by atoms with E-state index < -0.39 is 0 Å². The van der Waals surface area contributed by atoms with E-state index in [2.05, 4.69) is 25.9 Å². The summed E-state index contributed by atoms with van der Waals surface area (Å²) < 4.78 is 11.5. The van der Waals surface area contributed by atoms with Crippen LogP contribution in [0.5, 0.6) is 11.5 Å². The van der Waals surface area contributed by atoms with Crippen molar-refractivity contribution in [1.29, 1.82) is 0 Å². The summed E-state index contributed by atoms with van der Waals surface area (Å²) >= 11 is 4.95. The lowest BCUT2D eigenvalue weighted by molar-refractivity contribution is 0.354. The maximum Gasteiger partial charge on any atom is 0.191 e. The van der Waals surface area contributed by atoms with Gasteiger partial charge in [-0.1, -0.05) is 27.7 Å². The molecule has 1 heterocycles. The molecule has 0 spiro atoms. The van der Waals surface area contributed by atoms with Gasteiger partial charge in [-0.25, -0.2) is 9.97 Å². The van der Waals surface area contributed by atoms with Crippen molar-refractivity contribution in [2.75, 3.05) is 25.7 Å². The van der Waals surface area contributed by atoms with Crippen LogP contribution < -0.4 is 20.9 Å². The van der Waals surface area contributed by atoms with E-state index in [1.165, 1.54) is 17.8 Å². The number of nitrogen functional groups attached to an aromatic ring is 2. The molecule has 2 rings (SSSR count). The van der Waals surface area contributed by atoms with E-state index in [-0.39, 0.29) is 0 Å². The number of methoxy groups -OCH3 is 2. The molecule has 21 heavy (non-hydrogen) atoms. The Hall–Kier alpha value is -1.67. The van der Waals surface area contributed by atoms with E-state index in [9.17, 15) is 0 Å². The normalized spacial score (nSPS) is 10.4. The fraction of sp³-hybridized carbons (Fsp3) is 0.231. The average Bonchev–Trinajstić information content (AvgIpc) is 2.44. The third kappa shape index (κ3) is 3.92. The Morgan fingerprint density at radius 3 is 2.19 bits per heavy atom. The van der Waals surface area contributed by atoms with E-state index in [1.54, 1.807) is 14.2 Å². The van der Waals surface area contributed by atoms with Gasteiger partial charge in [-0.2, -0.15) is 0 Å². The Bertz CT molecular complexity index is 634. The fourth-order valence-electron chi connectivity index (χ4n) is 1.68. The Morgan fingerprint density at radius 2 is 1.62 bits per heavy atom. The molecule has 0 aliphatic heterocycles. The number of hydrogen-bond acceptors (Lipinski definition) is 7. The van der Waals surface area contributed by atoms with Crippen molar-refractivity contribution in [2.45, 2.75) is 10.9 Å². The molecule has 0 fully saturated rings. The summed E-state index contributed by atoms with van der Waals surface area (Å²) in [6, 6.07) is 5.30. The number of nitrogens with two attached hydrogens (primary N) is 2. The number of benzene rings is 1. The third-order valence-electron chi connectivity index (χ3n) is 2.65. The summed E-state index contributed by atoms with van der Waals surface area (Å²) in [5, 5.41) is 0.536. The molecule has 0 aliphatic carbocycles. The SMILES string of the molecule is COc1cc(Br)c(CSc2nc(N)cc(N)n2)cc1OC. The highest BCUT2D eigenvalue weighted by molar-refractivity contribution is 9.10. The first-order valence-corrected chi connectivity index (χ1v) is 7.74. The smallest absolute Gasteiger partial charge is 0.191 e. The molecular weight excluding hydrogens is 356 g/mol. The fourth-order valence-corrected chi connectivity index (χ4v) is 3.19. The number of halogens is 1. The number of thioether (sulfide) groups is 1. The zero-order chi connectivity index (χ0) is 15.4. The van der Waals surface area contributed by atoms with Gasteiger partial charge in [0.2, 0.25) is 0 Å². The second-order valence-electron chi connectivity index (χ2n) is 4.09. The van der Waals surface area contributed by atoms with Gasteiger partial charge in [0.1, 0.15) is 11.6 Å². The third-order valence-corrected chi connectivity index (χ3v) is 4.29. The molecule has 0 bridgehead atoms. The number of aromatic nitrogens is 2. The molecule has 8 heteroatoms. The molecule has 0 atom stereocenters. The van der Waals surface area contributed by atoms with Crippen molar-refractivity contribution in [2.24, 2.45) is 0 Å². The second-order valence-corrected chi connectivity index (χ2v) is 5.88. The van der Waals surface area contributed by atoms with Gasteiger partial charge >= 0.3 is 0 Å². The first-order valence-electron chi connectivity index (χ1n) is 5.96. The first kappa shape index (κ1) is 15.7. The number of rotatable bonds is 5. The number of nitrogens with zero attached hydrogens (tertiary/aromatic N) is 2. The van der Waals surface area contributed by atoms with Crippen LogP contribution in [0.15, 0.2) is 27.8 Å². The van der Waals surface area contributed by atoms with Crippen LogP contribution in [0.4, 0.5) is 11.6 Å². The van der Waals surface area contributed by atoms with Gasteiger partial charge in [0.15, 0.2) is 16.7 Å². The molecule has 0 aliphatic rings. The largest absolute Gasteiger partial charge is 0.493 e. The van der Waals surface area contributed by atoms with E-state index in [0.29, 0.717) is 34.0 Å². The lowest BCUT2D eigenvalue weighted by Gasteiger charge is -2.11. The Balaban J connectivity index is 2.19. The molecule has 6 nitrogen and oxygen atoms in total. The van der Waals surface area contributed by atoms with Crippen molar-refractivity contribution in [3.8, 4) is 11.5 Å². The molecule has 0 radical (unpaired) electrons. The molecule has 0 amide bonds. The minimum atomic E-state index is 0.358. The zero-order valence-electron chi connectivity index (χ0n) is 11.6. The highest BCUT2D eigenvalue weighted by atomic mass is 79.9. The summed E-state index contributed by atoms with van der Waals surface area (Å²) in [7, 11) is 3.20. The lowest BCUT2D eigenvalue weighted by atomic mass is 10.2. The van der Waals surface area contributed by atoms with Crippen molar-refractivity contribution >= 4 is 39.3 Å². The summed E-state index contributed by atoms with van der Waals surface area (Å²) in [6.45, 7) is 0. The summed E-state index contributed by atoms with van der Waals surface area (Å²) in [6.07, 6.45) is 0. The van der Waals surface area contributed by atoms with Gasteiger partial charge in [0.25, 0.3) is 0 Å². The summed E-state index contributed by atoms with van der Waals surface area (Å²) in [5.41, 5.74) is 12.3. The van der Waals surface area contributed by atoms with Crippen LogP contribution in [0.25, 0.3) is 0 Å². The quantitative estimate of drug-likeness (QED) is 0.616. The maximum absolute atomic E-state index is 5.65. The van der Waals surface area contributed by atoms with Crippen molar-refractivity contribution in [3.63, 3.8) is 0 Å². The number of hydrogen-bond donors (Lipinski definition) is 2. The van der Waals surface area contributed by atoms with Crippen LogP contribution in [0, 0.1) is 0 Å². The predicted molar refractivity (Wildman–Crippen MR) is 87.7 cm³/mol. The van der Waals surface area contributed by atoms with E-state index in [0.717, 1.165) is 10.0 Å². The van der Waals surface area contributed by atoms with Crippen LogP contribution in [-0.2, 0) is 5.75 Å². The highest BCUT2D eigenvalue weighted by Crippen LogP contribution is 2.35. The van der Waals surface area contributed by atoms with Crippen molar-refractivity contribution < 1.29 is 9.47 Å². The minimum Gasteiger partial charge on any atom is -0.493 e. The first-order chi connectivity index (χ1) is 10.0. The van der Waals surface area contributed by atoms with Crippen molar-refractivity contribution in [3.05, 3.63) is 28.2 Å². The van der Waals surface area contributed by atoms with E-state index >= 15 is 0 Å². The van der Waals surface area contributed by atoms with E-state index in [1.807, 2.05) is 12.1 Å². The second kappa shape index (κ2) is 6.86. The van der Waals surface area contributed by atoms with Gasteiger partial charge in [-0.05, 0) is 17.7 Å². The molecule has 0 saturated heterocycles. The predicted octanol–water partition coefficient (Wildman–Crippen LogP) is 2.71. The number of anilines is 2. The molecule has 112 valence electrons. The van der Waals surface area contributed by atoms with Crippen molar-refractivity contribution in [1.82, 2.24) is 9.97 Å². The van der Waals surface area contributed by atoms with Crippen LogP contribution in [-0.4, -0.2) is 24.2 Å². The van der Waals surface area contributed by atoms with Gasteiger partial charge < -0.3 is 20.9 Å². The standard InChI is InChI=1S/C13H15BrN4O2S/c1-19-9-3-7(8(14)4-10(9)20-2)6-21-13-17-11(15)5-12(16)18-13/h3-5H,6H2,1-2H3,(H4,15,16,17,18). The summed E-state index contributed by atoms with van der Waals surface area (Å²) in [5.74, 6) is 2.70. The Morgan fingerprint density at radius 1 is 1.05 bits per heavy atom. The minimum absolute atomic E-state index is 0.358. The Labute approximate surface area is 135 Å². The van der Waals surface area contributed by atoms with Crippen LogP contribution in [0.2, 0.25) is 0 Å².